The van der Waals surface area contributed by atoms with E-state index in [0.717, 1.165) is 24.5 Å². The first-order valence-corrected chi connectivity index (χ1v) is 11.3. The summed E-state index contributed by atoms with van der Waals surface area (Å²) in [5.74, 6) is -0.00193. The number of methoxy groups -OCH3 is 1. The van der Waals surface area contributed by atoms with E-state index in [2.05, 4.69) is 26.7 Å². The Morgan fingerprint density at radius 3 is 2.62 bits per heavy atom. The average molecular weight is 462 g/mol. The number of fused-ring (bicyclic) bond motifs is 1. The highest BCUT2D eigenvalue weighted by Crippen LogP contribution is 2.55. The van der Waals surface area contributed by atoms with E-state index in [1.807, 2.05) is 12.3 Å². The number of thioether (sulfide) groups is 1. The zero-order chi connectivity index (χ0) is 23.0. The van der Waals surface area contributed by atoms with Gasteiger partial charge in [-0.25, -0.2) is 23.1 Å². The Balaban J connectivity index is 1.76. The van der Waals surface area contributed by atoms with E-state index in [4.69, 9.17) is 4.74 Å². The Hall–Kier alpha value is -2.77. The second-order valence-electron chi connectivity index (χ2n) is 7.79. The minimum absolute atomic E-state index is 0.110. The molecule has 1 aliphatic carbocycles. The zero-order valence-electron chi connectivity index (χ0n) is 17.7. The van der Waals surface area contributed by atoms with Gasteiger partial charge >= 0.3 is 0 Å². The molecule has 2 aromatic rings. The van der Waals surface area contributed by atoms with Crippen LogP contribution in [-0.2, 0) is 4.74 Å². The molecule has 10 heteroatoms. The minimum atomic E-state index is -2.90. The molecule has 0 saturated heterocycles. The van der Waals surface area contributed by atoms with Gasteiger partial charge in [-0.15, -0.1) is 0 Å². The lowest BCUT2D eigenvalue weighted by atomic mass is 9.91. The van der Waals surface area contributed by atoms with E-state index in [0.29, 0.717) is 22.4 Å². The van der Waals surface area contributed by atoms with Crippen molar-refractivity contribution in [2.45, 2.75) is 43.6 Å². The average Bonchev–Trinajstić information content (AvgIpc) is 3.59. The van der Waals surface area contributed by atoms with E-state index in [9.17, 15) is 18.4 Å². The molecule has 168 valence electrons. The van der Waals surface area contributed by atoms with Crippen molar-refractivity contribution in [3.8, 4) is 6.07 Å². The molecule has 0 bridgehead atoms. The van der Waals surface area contributed by atoms with E-state index in [-0.39, 0.29) is 5.56 Å². The summed E-state index contributed by atoms with van der Waals surface area (Å²) in [6, 6.07) is 5.69. The fourth-order valence-electron chi connectivity index (χ4n) is 3.85. The Morgan fingerprint density at radius 2 is 2.03 bits per heavy atom. The highest BCUT2D eigenvalue weighted by molar-refractivity contribution is 7.98. The summed E-state index contributed by atoms with van der Waals surface area (Å²) in [6.45, 7) is 1.68. The number of nitrogens with zero attached hydrogens (tertiary/aromatic N) is 3. The van der Waals surface area contributed by atoms with Crippen molar-refractivity contribution < 1.29 is 17.9 Å². The summed E-state index contributed by atoms with van der Waals surface area (Å²) in [5.41, 5.74) is 0.285. The molecule has 1 aliphatic heterocycles. The molecule has 1 aromatic carbocycles. The topological polar surface area (TPSA) is 82.9 Å². The van der Waals surface area contributed by atoms with Crippen LogP contribution in [0.2, 0.25) is 0 Å². The summed E-state index contributed by atoms with van der Waals surface area (Å²) in [5, 5.41) is 16.5. The van der Waals surface area contributed by atoms with Crippen molar-refractivity contribution in [2.24, 2.45) is 5.41 Å². The molecular weight excluding hydrogens is 439 g/mol. The number of ether oxygens (including phenoxy) is 1. The molecule has 1 aromatic heterocycles. The quantitative estimate of drug-likeness (QED) is 0.414. The van der Waals surface area contributed by atoms with Gasteiger partial charge in [-0.05, 0) is 37.7 Å². The number of aromatic nitrogens is 2. The number of benzene rings is 1. The third-order valence-corrected chi connectivity index (χ3v) is 6.37. The van der Waals surface area contributed by atoms with Gasteiger partial charge < -0.3 is 15.4 Å². The lowest BCUT2D eigenvalue weighted by Crippen LogP contribution is -2.32. The highest BCUT2D eigenvalue weighted by Gasteiger charge is 2.50. The number of nitriles is 1. The van der Waals surface area contributed by atoms with Crippen LogP contribution in [0.1, 0.15) is 48.9 Å². The molecular formula is C22H22F3N5OS. The molecule has 2 N–H and O–H groups in total. The van der Waals surface area contributed by atoms with Gasteiger partial charge in [0.1, 0.15) is 17.5 Å². The van der Waals surface area contributed by atoms with Crippen LogP contribution in [0.15, 0.2) is 28.9 Å². The Labute approximate surface area is 188 Å². The molecule has 4 rings (SSSR count). The summed E-state index contributed by atoms with van der Waals surface area (Å²) in [7, 11) is 1.56. The van der Waals surface area contributed by atoms with Crippen molar-refractivity contribution in [3.05, 3.63) is 46.3 Å². The molecule has 0 radical (unpaired) electrons. The first-order valence-electron chi connectivity index (χ1n) is 10.0. The second kappa shape index (κ2) is 8.64. The standard InChI is InChI=1S/C22H22F3N5OS/c1-11(12-5-4-6-13(16(12)23)17(24)25)27-18-14-9-15(22(10-26)7-8-22)20(31-2)28-19(14)30-21(29-18)32-3/h4-6,9,11,17,20H,7-8H2,1-3H3,(H2,27,28,29,30)/t11-,20?/m1/s1. The van der Waals surface area contributed by atoms with Crippen LogP contribution >= 0.6 is 11.8 Å². The smallest absolute Gasteiger partial charge is 0.266 e. The molecule has 32 heavy (non-hydrogen) atoms. The minimum Gasteiger partial charge on any atom is -0.363 e. The first kappa shape index (κ1) is 22.4. The van der Waals surface area contributed by atoms with Crippen LogP contribution in [0.5, 0.6) is 0 Å². The van der Waals surface area contributed by atoms with Crippen LogP contribution < -0.4 is 10.6 Å². The van der Waals surface area contributed by atoms with Gasteiger partial charge in [0, 0.05) is 12.7 Å². The van der Waals surface area contributed by atoms with Crippen molar-refractivity contribution in [3.63, 3.8) is 0 Å². The maximum atomic E-state index is 14.7. The van der Waals surface area contributed by atoms with E-state index >= 15 is 0 Å². The first-order chi connectivity index (χ1) is 15.3. The third kappa shape index (κ3) is 3.91. The number of nitrogens with one attached hydrogen (secondary N) is 2. The monoisotopic (exact) mass is 461 g/mol. The van der Waals surface area contributed by atoms with E-state index in [1.165, 1.54) is 23.9 Å². The second-order valence-corrected chi connectivity index (χ2v) is 8.57. The molecule has 0 amide bonds. The summed E-state index contributed by atoms with van der Waals surface area (Å²) < 4.78 is 46.6. The maximum Gasteiger partial charge on any atom is 0.266 e. The molecule has 2 heterocycles. The SMILES string of the molecule is COC1Nc2nc(SC)nc(N[C@H](C)c3cccc(C(F)F)c3F)c2C=C1C1(C#N)CC1. The Bertz CT molecular complexity index is 1110. The Kier molecular flexibility index (Phi) is 6.05. The highest BCUT2D eigenvalue weighted by atomic mass is 32.2. The van der Waals surface area contributed by atoms with Gasteiger partial charge in [0.25, 0.3) is 6.43 Å². The predicted octanol–water partition coefficient (Wildman–Crippen LogP) is 5.53. The van der Waals surface area contributed by atoms with Gasteiger partial charge in [-0.3, -0.25) is 0 Å². The number of hydrogen-bond donors (Lipinski definition) is 2. The van der Waals surface area contributed by atoms with Crippen LogP contribution in [0.3, 0.4) is 0 Å². The summed E-state index contributed by atoms with van der Waals surface area (Å²) in [4.78, 5) is 9.04. The molecule has 1 saturated carbocycles. The van der Waals surface area contributed by atoms with Crippen LogP contribution in [0, 0.1) is 22.6 Å². The summed E-state index contributed by atoms with van der Waals surface area (Å²) >= 11 is 1.33. The van der Waals surface area contributed by atoms with E-state index in [1.54, 1.807) is 14.0 Å². The fraction of sp³-hybridized carbons (Fsp3) is 0.409. The molecule has 0 spiro atoms. The normalized spacial score (nSPS) is 19.4. The number of anilines is 2. The number of hydrogen-bond acceptors (Lipinski definition) is 7. The predicted molar refractivity (Wildman–Crippen MR) is 117 cm³/mol. The number of rotatable bonds is 7. The van der Waals surface area contributed by atoms with E-state index < -0.39 is 35.5 Å². The Morgan fingerprint density at radius 1 is 1.31 bits per heavy atom. The van der Waals surface area contributed by atoms with Crippen molar-refractivity contribution >= 4 is 29.5 Å². The van der Waals surface area contributed by atoms with Crippen molar-refractivity contribution in [1.29, 1.82) is 5.26 Å². The van der Waals surface area contributed by atoms with Crippen LogP contribution in [0.25, 0.3) is 6.08 Å². The molecule has 2 aliphatic rings. The van der Waals surface area contributed by atoms with Gasteiger partial charge in [0.2, 0.25) is 0 Å². The fourth-order valence-corrected chi connectivity index (χ4v) is 4.21. The van der Waals surface area contributed by atoms with Crippen molar-refractivity contribution in [2.75, 3.05) is 24.0 Å². The summed E-state index contributed by atoms with van der Waals surface area (Å²) in [6.07, 6.45) is 1.74. The number of halogens is 3. The van der Waals surface area contributed by atoms with Crippen LogP contribution in [-0.4, -0.2) is 29.6 Å². The largest absolute Gasteiger partial charge is 0.363 e. The maximum absolute atomic E-state index is 14.7. The zero-order valence-corrected chi connectivity index (χ0v) is 18.6. The van der Waals surface area contributed by atoms with Crippen LogP contribution in [0.4, 0.5) is 24.8 Å². The van der Waals surface area contributed by atoms with Gasteiger partial charge in [0.15, 0.2) is 11.4 Å². The van der Waals surface area contributed by atoms with Gasteiger partial charge in [0.05, 0.1) is 28.7 Å². The third-order valence-electron chi connectivity index (χ3n) is 5.82. The van der Waals surface area contributed by atoms with Crippen molar-refractivity contribution in [1.82, 2.24) is 9.97 Å². The lowest BCUT2D eigenvalue weighted by molar-refractivity contribution is 0.145. The molecule has 6 nitrogen and oxygen atoms in total. The number of alkyl halides is 2. The molecule has 1 fully saturated rings. The molecule has 2 atom stereocenters. The lowest BCUT2D eigenvalue weighted by Gasteiger charge is -2.30. The van der Waals surface area contributed by atoms with Gasteiger partial charge in [-0.1, -0.05) is 30.0 Å². The molecule has 1 unspecified atom stereocenters. The van der Waals surface area contributed by atoms with Gasteiger partial charge in [-0.2, -0.15) is 5.26 Å².